The van der Waals surface area contributed by atoms with Gasteiger partial charge >= 0.3 is 5.97 Å². The summed E-state index contributed by atoms with van der Waals surface area (Å²) in [6.07, 6.45) is 4.47. The average molecular weight is 315 g/mol. The first-order valence-electron chi connectivity index (χ1n) is 8.08. The molecule has 5 heteroatoms. The minimum Gasteiger partial charge on any atom is -0.450 e. The van der Waals surface area contributed by atoms with Crippen molar-refractivity contribution in [1.82, 2.24) is 5.32 Å². The predicted octanol–water partition coefficient (Wildman–Crippen LogP) is 3.28. The number of carbonyl (C=O) groups excluding carboxylic acids is 2. The number of rotatable bonds is 4. The highest BCUT2D eigenvalue weighted by atomic mass is 16.5. The van der Waals surface area contributed by atoms with Crippen molar-refractivity contribution < 1.29 is 18.7 Å². The summed E-state index contributed by atoms with van der Waals surface area (Å²) >= 11 is 0. The SMILES string of the molecule is C[C@H]1CCCC[C@@H]1NC(=O)COC(=O)c1cc2ccccc2o1. The standard InChI is InChI=1S/C18H21NO4/c1-12-6-2-4-8-14(12)19-17(20)11-22-18(21)16-10-13-7-3-5-9-15(13)23-16/h3,5,7,9-10,12,14H,2,4,6,8,11H2,1H3,(H,19,20)/t12-,14-/m0/s1. The molecule has 1 heterocycles. The third-order valence-electron chi connectivity index (χ3n) is 4.42. The van der Waals surface area contributed by atoms with Crippen molar-refractivity contribution in [3.8, 4) is 0 Å². The molecule has 0 bridgehead atoms. The smallest absolute Gasteiger partial charge is 0.374 e. The Morgan fingerprint density at radius 2 is 2.04 bits per heavy atom. The Labute approximate surface area is 135 Å². The Kier molecular flexibility index (Phi) is 4.65. The van der Waals surface area contributed by atoms with Gasteiger partial charge in [-0.15, -0.1) is 0 Å². The number of benzene rings is 1. The lowest BCUT2D eigenvalue weighted by atomic mass is 9.86. The molecule has 0 spiro atoms. The highest BCUT2D eigenvalue weighted by molar-refractivity contribution is 5.93. The molecule has 2 aromatic rings. The first-order valence-corrected chi connectivity index (χ1v) is 8.08. The summed E-state index contributed by atoms with van der Waals surface area (Å²) in [4.78, 5) is 23.9. The molecule has 1 aromatic heterocycles. The average Bonchev–Trinajstić information content (AvgIpc) is 2.99. The van der Waals surface area contributed by atoms with Crippen LogP contribution in [0.3, 0.4) is 0 Å². The van der Waals surface area contributed by atoms with Crippen LogP contribution in [0, 0.1) is 5.92 Å². The van der Waals surface area contributed by atoms with Crippen molar-refractivity contribution in [3.05, 3.63) is 36.1 Å². The maximum absolute atomic E-state index is 12.0. The van der Waals surface area contributed by atoms with E-state index in [2.05, 4.69) is 12.2 Å². The second-order valence-electron chi connectivity index (χ2n) is 6.16. The summed E-state index contributed by atoms with van der Waals surface area (Å²) in [6.45, 7) is 1.86. The monoisotopic (exact) mass is 315 g/mol. The fourth-order valence-electron chi connectivity index (χ4n) is 3.06. The number of para-hydroxylation sites is 1. The van der Waals surface area contributed by atoms with E-state index in [1.54, 1.807) is 12.1 Å². The van der Waals surface area contributed by atoms with Gasteiger partial charge in [-0.05, 0) is 30.9 Å². The molecular weight excluding hydrogens is 294 g/mol. The van der Waals surface area contributed by atoms with Crippen molar-refractivity contribution >= 4 is 22.8 Å². The molecule has 5 nitrogen and oxygen atoms in total. The predicted molar refractivity (Wildman–Crippen MR) is 86.1 cm³/mol. The van der Waals surface area contributed by atoms with Crippen LogP contribution in [0.25, 0.3) is 11.0 Å². The fraction of sp³-hybridized carbons (Fsp3) is 0.444. The number of amides is 1. The number of ether oxygens (including phenoxy) is 1. The maximum Gasteiger partial charge on any atom is 0.374 e. The summed E-state index contributed by atoms with van der Waals surface area (Å²) in [5, 5.41) is 3.79. The van der Waals surface area contributed by atoms with Crippen LogP contribution >= 0.6 is 0 Å². The lowest BCUT2D eigenvalue weighted by Crippen LogP contribution is -2.42. The normalized spacial score (nSPS) is 21.1. The Morgan fingerprint density at radius 3 is 2.83 bits per heavy atom. The topological polar surface area (TPSA) is 68.5 Å². The Hall–Kier alpha value is -2.30. The molecule has 1 N–H and O–H groups in total. The van der Waals surface area contributed by atoms with Crippen molar-refractivity contribution in [3.63, 3.8) is 0 Å². The van der Waals surface area contributed by atoms with E-state index in [4.69, 9.17) is 9.15 Å². The summed E-state index contributed by atoms with van der Waals surface area (Å²) in [6, 6.07) is 9.14. The van der Waals surface area contributed by atoms with Gasteiger partial charge < -0.3 is 14.5 Å². The molecule has 0 aliphatic heterocycles. The number of carbonyl (C=O) groups is 2. The largest absolute Gasteiger partial charge is 0.450 e. The quantitative estimate of drug-likeness (QED) is 0.879. The Balaban J connectivity index is 1.52. The molecular formula is C18H21NO4. The van der Waals surface area contributed by atoms with Crippen molar-refractivity contribution in [2.75, 3.05) is 6.61 Å². The fourth-order valence-corrected chi connectivity index (χ4v) is 3.06. The van der Waals surface area contributed by atoms with Crippen molar-refractivity contribution in [2.24, 2.45) is 5.92 Å². The van der Waals surface area contributed by atoms with Gasteiger partial charge in [-0.3, -0.25) is 4.79 Å². The van der Waals surface area contributed by atoms with Gasteiger partial charge in [0.1, 0.15) is 5.58 Å². The van der Waals surface area contributed by atoms with Gasteiger partial charge in [0.15, 0.2) is 6.61 Å². The zero-order valence-corrected chi connectivity index (χ0v) is 13.2. The van der Waals surface area contributed by atoms with E-state index in [1.807, 2.05) is 18.2 Å². The molecule has 23 heavy (non-hydrogen) atoms. The van der Waals surface area contributed by atoms with Gasteiger partial charge in [0.25, 0.3) is 5.91 Å². The first-order chi connectivity index (χ1) is 11.1. The van der Waals surface area contributed by atoms with E-state index >= 15 is 0 Å². The second-order valence-corrected chi connectivity index (χ2v) is 6.16. The first kappa shape index (κ1) is 15.6. The molecule has 1 aromatic carbocycles. The van der Waals surface area contributed by atoms with E-state index in [1.165, 1.54) is 6.42 Å². The molecule has 0 radical (unpaired) electrons. The highest BCUT2D eigenvalue weighted by Crippen LogP contribution is 2.23. The van der Waals surface area contributed by atoms with Gasteiger partial charge in [-0.25, -0.2) is 4.79 Å². The molecule has 122 valence electrons. The molecule has 1 saturated carbocycles. The van der Waals surface area contributed by atoms with E-state index in [0.717, 1.165) is 24.6 Å². The van der Waals surface area contributed by atoms with Gasteiger partial charge in [-0.1, -0.05) is 38.0 Å². The number of fused-ring (bicyclic) bond motifs is 1. The zero-order chi connectivity index (χ0) is 16.2. The van der Waals surface area contributed by atoms with E-state index < -0.39 is 5.97 Å². The third kappa shape index (κ3) is 3.73. The van der Waals surface area contributed by atoms with Gasteiger partial charge in [0.2, 0.25) is 5.76 Å². The van der Waals surface area contributed by atoms with Gasteiger partial charge in [-0.2, -0.15) is 0 Å². The number of hydrogen-bond acceptors (Lipinski definition) is 4. The van der Waals surface area contributed by atoms with Crippen LogP contribution in [0.2, 0.25) is 0 Å². The zero-order valence-electron chi connectivity index (χ0n) is 13.2. The van der Waals surface area contributed by atoms with Crippen LogP contribution in [-0.2, 0) is 9.53 Å². The molecule has 1 aliphatic rings. The molecule has 0 unspecified atom stereocenters. The summed E-state index contributed by atoms with van der Waals surface area (Å²) in [5.74, 6) is -0.287. The van der Waals surface area contributed by atoms with Crippen LogP contribution in [0.5, 0.6) is 0 Å². The van der Waals surface area contributed by atoms with Crippen LogP contribution in [0.1, 0.15) is 43.2 Å². The number of furan rings is 1. The van der Waals surface area contributed by atoms with E-state index in [9.17, 15) is 9.59 Å². The van der Waals surface area contributed by atoms with Crippen molar-refractivity contribution in [1.29, 1.82) is 0 Å². The Morgan fingerprint density at radius 1 is 1.26 bits per heavy atom. The maximum atomic E-state index is 12.0. The van der Waals surface area contributed by atoms with Crippen LogP contribution in [0.4, 0.5) is 0 Å². The molecule has 3 rings (SSSR count). The number of esters is 1. The summed E-state index contributed by atoms with van der Waals surface area (Å²) in [7, 11) is 0. The van der Waals surface area contributed by atoms with Crippen LogP contribution in [0.15, 0.2) is 34.7 Å². The third-order valence-corrected chi connectivity index (χ3v) is 4.42. The van der Waals surface area contributed by atoms with Crippen molar-refractivity contribution in [2.45, 2.75) is 38.6 Å². The van der Waals surface area contributed by atoms with Gasteiger partial charge in [0, 0.05) is 11.4 Å². The van der Waals surface area contributed by atoms with Crippen LogP contribution in [-0.4, -0.2) is 24.5 Å². The summed E-state index contributed by atoms with van der Waals surface area (Å²) in [5.41, 5.74) is 0.625. The molecule has 0 saturated heterocycles. The molecule has 1 fully saturated rings. The Bertz CT molecular complexity index is 673. The lowest BCUT2D eigenvalue weighted by Gasteiger charge is -2.29. The second kappa shape index (κ2) is 6.86. The van der Waals surface area contributed by atoms with E-state index in [0.29, 0.717) is 11.5 Å². The molecule has 1 aliphatic carbocycles. The number of nitrogens with one attached hydrogen (secondary N) is 1. The number of hydrogen-bond donors (Lipinski definition) is 1. The van der Waals surface area contributed by atoms with E-state index in [-0.39, 0.29) is 24.3 Å². The highest BCUT2D eigenvalue weighted by Gasteiger charge is 2.23. The van der Waals surface area contributed by atoms with Crippen LogP contribution < -0.4 is 5.32 Å². The summed E-state index contributed by atoms with van der Waals surface area (Å²) < 4.78 is 10.5. The minimum absolute atomic E-state index is 0.116. The lowest BCUT2D eigenvalue weighted by molar-refractivity contribution is -0.125. The minimum atomic E-state index is -0.618. The van der Waals surface area contributed by atoms with Gasteiger partial charge in [0.05, 0.1) is 0 Å². The molecule has 2 atom stereocenters. The molecule has 1 amide bonds.